The molecule has 3 heteroatoms. The zero-order chi connectivity index (χ0) is 15.8. The first-order chi connectivity index (χ1) is 11.2. The molecule has 3 nitrogen and oxygen atoms in total. The summed E-state index contributed by atoms with van der Waals surface area (Å²) >= 11 is 0. The van der Waals surface area contributed by atoms with E-state index in [1.54, 1.807) is 0 Å². The molecule has 0 saturated carbocycles. The SMILES string of the molecule is CC(C)c1ccc(-c2nc3cc(-n4cccc4)ccc3o2)cc1. The van der Waals surface area contributed by atoms with Crippen molar-refractivity contribution < 1.29 is 4.42 Å². The van der Waals surface area contributed by atoms with E-state index in [9.17, 15) is 0 Å². The number of hydrogen-bond acceptors (Lipinski definition) is 2. The molecule has 2 aromatic carbocycles. The van der Waals surface area contributed by atoms with Gasteiger partial charge in [0.05, 0.1) is 0 Å². The van der Waals surface area contributed by atoms with Crippen molar-refractivity contribution in [3.8, 4) is 17.1 Å². The van der Waals surface area contributed by atoms with E-state index in [1.807, 2.05) is 42.7 Å². The fourth-order valence-electron chi connectivity index (χ4n) is 2.72. The molecule has 0 amide bonds. The summed E-state index contributed by atoms with van der Waals surface area (Å²) in [6, 6.07) is 18.5. The molecule has 0 spiro atoms. The molecule has 0 N–H and O–H groups in total. The van der Waals surface area contributed by atoms with E-state index in [-0.39, 0.29) is 0 Å². The number of nitrogens with zero attached hydrogens (tertiary/aromatic N) is 2. The molecule has 0 atom stereocenters. The Balaban J connectivity index is 1.74. The van der Waals surface area contributed by atoms with Gasteiger partial charge >= 0.3 is 0 Å². The van der Waals surface area contributed by atoms with Gasteiger partial charge in [0.1, 0.15) is 5.52 Å². The molecule has 2 aromatic heterocycles. The number of oxazole rings is 1. The number of hydrogen-bond donors (Lipinski definition) is 0. The molecule has 23 heavy (non-hydrogen) atoms. The molecular formula is C20H18N2O. The second-order valence-electron chi connectivity index (χ2n) is 6.04. The van der Waals surface area contributed by atoms with E-state index in [2.05, 4.69) is 47.7 Å². The van der Waals surface area contributed by atoms with Gasteiger partial charge in [0, 0.05) is 23.6 Å². The fraction of sp³-hybridized carbons (Fsp3) is 0.150. The molecule has 0 bridgehead atoms. The van der Waals surface area contributed by atoms with Crippen LogP contribution < -0.4 is 0 Å². The smallest absolute Gasteiger partial charge is 0.227 e. The van der Waals surface area contributed by atoms with E-state index in [0.717, 1.165) is 22.4 Å². The first kappa shape index (κ1) is 13.8. The normalized spacial score (nSPS) is 11.4. The highest BCUT2D eigenvalue weighted by Gasteiger charge is 2.10. The Hall–Kier alpha value is -2.81. The zero-order valence-electron chi connectivity index (χ0n) is 13.2. The predicted octanol–water partition coefficient (Wildman–Crippen LogP) is 5.41. The van der Waals surface area contributed by atoms with Crippen molar-refractivity contribution in [3.63, 3.8) is 0 Å². The predicted molar refractivity (Wildman–Crippen MR) is 92.9 cm³/mol. The summed E-state index contributed by atoms with van der Waals surface area (Å²) in [6.45, 7) is 4.38. The summed E-state index contributed by atoms with van der Waals surface area (Å²) in [5.41, 5.74) is 5.09. The molecule has 0 unspecified atom stereocenters. The molecule has 4 aromatic rings. The second kappa shape index (κ2) is 5.43. The van der Waals surface area contributed by atoms with Crippen molar-refractivity contribution in [2.45, 2.75) is 19.8 Å². The Morgan fingerprint density at radius 2 is 1.70 bits per heavy atom. The summed E-state index contributed by atoms with van der Waals surface area (Å²) < 4.78 is 7.97. The summed E-state index contributed by atoms with van der Waals surface area (Å²) in [6.07, 6.45) is 4.04. The molecule has 4 rings (SSSR count). The van der Waals surface area contributed by atoms with Crippen molar-refractivity contribution in [3.05, 3.63) is 72.6 Å². The van der Waals surface area contributed by atoms with Gasteiger partial charge in [0.25, 0.3) is 0 Å². The Kier molecular flexibility index (Phi) is 3.27. The van der Waals surface area contributed by atoms with Gasteiger partial charge in [-0.1, -0.05) is 26.0 Å². The maximum absolute atomic E-state index is 5.91. The number of benzene rings is 2. The van der Waals surface area contributed by atoms with Crippen LogP contribution in [0.5, 0.6) is 0 Å². The fourth-order valence-corrected chi connectivity index (χ4v) is 2.72. The zero-order valence-corrected chi connectivity index (χ0v) is 13.2. The number of rotatable bonds is 3. The van der Waals surface area contributed by atoms with Crippen molar-refractivity contribution >= 4 is 11.1 Å². The van der Waals surface area contributed by atoms with Crippen molar-refractivity contribution in [2.24, 2.45) is 0 Å². The lowest BCUT2D eigenvalue weighted by atomic mass is 10.0. The Bertz CT molecular complexity index is 932. The highest BCUT2D eigenvalue weighted by molar-refractivity contribution is 5.78. The molecule has 2 heterocycles. The van der Waals surface area contributed by atoms with Crippen molar-refractivity contribution in [1.29, 1.82) is 0 Å². The molecule has 0 radical (unpaired) electrons. The van der Waals surface area contributed by atoms with Crippen LogP contribution in [0.1, 0.15) is 25.3 Å². The number of fused-ring (bicyclic) bond motifs is 1. The average Bonchev–Trinajstić information content (AvgIpc) is 3.23. The van der Waals surface area contributed by atoms with E-state index in [1.165, 1.54) is 5.56 Å². The molecule has 0 aliphatic heterocycles. The van der Waals surface area contributed by atoms with Crippen LogP contribution in [0, 0.1) is 0 Å². The van der Waals surface area contributed by atoms with E-state index < -0.39 is 0 Å². The maximum atomic E-state index is 5.91. The molecule has 114 valence electrons. The summed E-state index contributed by atoms with van der Waals surface area (Å²) in [7, 11) is 0. The van der Waals surface area contributed by atoms with E-state index in [4.69, 9.17) is 4.42 Å². The van der Waals surface area contributed by atoms with Gasteiger partial charge in [-0.2, -0.15) is 0 Å². The Morgan fingerprint density at radius 1 is 0.957 bits per heavy atom. The molecular weight excluding hydrogens is 284 g/mol. The van der Waals surface area contributed by atoms with Crippen LogP contribution in [0.25, 0.3) is 28.2 Å². The van der Waals surface area contributed by atoms with Gasteiger partial charge in [-0.25, -0.2) is 4.98 Å². The third-order valence-corrected chi connectivity index (χ3v) is 4.10. The Labute approximate surface area is 135 Å². The topological polar surface area (TPSA) is 31.0 Å². The van der Waals surface area contributed by atoms with Gasteiger partial charge in [0.2, 0.25) is 5.89 Å². The lowest BCUT2D eigenvalue weighted by Gasteiger charge is -2.04. The third kappa shape index (κ3) is 2.55. The first-order valence-corrected chi connectivity index (χ1v) is 7.85. The minimum absolute atomic E-state index is 0.525. The summed E-state index contributed by atoms with van der Waals surface area (Å²) in [5.74, 6) is 1.19. The van der Waals surface area contributed by atoms with Crippen molar-refractivity contribution in [2.75, 3.05) is 0 Å². The van der Waals surface area contributed by atoms with E-state index in [0.29, 0.717) is 11.8 Å². The highest BCUT2D eigenvalue weighted by atomic mass is 16.3. The van der Waals surface area contributed by atoms with Crippen LogP contribution in [0.15, 0.2) is 71.4 Å². The van der Waals surface area contributed by atoms with Crippen LogP contribution in [-0.4, -0.2) is 9.55 Å². The van der Waals surface area contributed by atoms with Crippen LogP contribution >= 0.6 is 0 Å². The van der Waals surface area contributed by atoms with Gasteiger partial charge in [0.15, 0.2) is 5.58 Å². The largest absolute Gasteiger partial charge is 0.436 e. The lowest BCUT2D eigenvalue weighted by Crippen LogP contribution is -1.88. The van der Waals surface area contributed by atoms with Gasteiger partial charge < -0.3 is 8.98 Å². The third-order valence-electron chi connectivity index (χ3n) is 4.10. The minimum atomic E-state index is 0.525. The highest BCUT2D eigenvalue weighted by Crippen LogP contribution is 2.27. The van der Waals surface area contributed by atoms with Crippen LogP contribution in [-0.2, 0) is 0 Å². The second-order valence-corrected chi connectivity index (χ2v) is 6.04. The number of aromatic nitrogens is 2. The summed E-state index contributed by atoms with van der Waals surface area (Å²) in [4.78, 5) is 4.65. The molecule has 0 saturated heterocycles. The van der Waals surface area contributed by atoms with Crippen LogP contribution in [0.3, 0.4) is 0 Å². The standard InChI is InChI=1S/C20H18N2O/c1-14(2)15-5-7-16(8-6-15)20-21-18-13-17(9-10-19(18)23-20)22-11-3-4-12-22/h3-14H,1-2H3. The van der Waals surface area contributed by atoms with Crippen LogP contribution in [0.2, 0.25) is 0 Å². The molecule has 0 aliphatic carbocycles. The minimum Gasteiger partial charge on any atom is -0.436 e. The summed E-state index contributed by atoms with van der Waals surface area (Å²) in [5, 5.41) is 0. The van der Waals surface area contributed by atoms with Gasteiger partial charge in [-0.3, -0.25) is 0 Å². The Morgan fingerprint density at radius 3 is 2.39 bits per heavy atom. The van der Waals surface area contributed by atoms with Gasteiger partial charge in [-0.05, 0) is 53.9 Å². The monoisotopic (exact) mass is 302 g/mol. The van der Waals surface area contributed by atoms with E-state index >= 15 is 0 Å². The van der Waals surface area contributed by atoms with Crippen molar-refractivity contribution in [1.82, 2.24) is 9.55 Å². The van der Waals surface area contributed by atoms with Gasteiger partial charge in [-0.15, -0.1) is 0 Å². The average molecular weight is 302 g/mol. The molecule has 0 fully saturated rings. The van der Waals surface area contributed by atoms with Crippen LogP contribution in [0.4, 0.5) is 0 Å². The quantitative estimate of drug-likeness (QED) is 0.506. The molecule has 0 aliphatic rings. The lowest BCUT2D eigenvalue weighted by molar-refractivity contribution is 0.619. The first-order valence-electron chi connectivity index (χ1n) is 7.85. The maximum Gasteiger partial charge on any atom is 0.227 e.